The molecule has 0 amide bonds. The van der Waals surface area contributed by atoms with Crippen LogP contribution in [0.25, 0.3) is 0 Å². The predicted molar refractivity (Wildman–Crippen MR) is 110 cm³/mol. The van der Waals surface area contributed by atoms with Crippen molar-refractivity contribution in [1.29, 1.82) is 0 Å². The van der Waals surface area contributed by atoms with Crippen molar-refractivity contribution in [2.24, 2.45) is 0 Å². The van der Waals surface area contributed by atoms with Crippen LogP contribution in [0.2, 0.25) is 0 Å². The first-order valence-electron chi connectivity index (χ1n) is 9.33. The number of ether oxygens (including phenoxy) is 1. The summed E-state index contributed by atoms with van der Waals surface area (Å²) in [5.74, 6) is -0.285. The van der Waals surface area contributed by atoms with Gasteiger partial charge >= 0.3 is 5.97 Å². The van der Waals surface area contributed by atoms with Crippen molar-refractivity contribution in [1.82, 2.24) is 0 Å². The Kier molecular flexibility index (Phi) is 13.4. The molecule has 0 aliphatic heterocycles. The van der Waals surface area contributed by atoms with Crippen LogP contribution in [0, 0.1) is 0 Å². The van der Waals surface area contributed by atoms with Gasteiger partial charge in [0.1, 0.15) is 0 Å². The van der Waals surface area contributed by atoms with E-state index in [4.69, 9.17) is 4.74 Å². The zero-order chi connectivity index (χ0) is 19.1. The van der Waals surface area contributed by atoms with Crippen molar-refractivity contribution >= 4 is 5.97 Å². The van der Waals surface area contributed by atoms with Gasteiger partial charge in [-0.2, -0.15) is 0 Å². The zero-order valence-corrected chi connectivity index (χ0v) is 16.9. The third-order valence-corrected chi connectivity index (χ3v) is 3.90. The molecule has 0 aromatic rings. The Hall–Kier alpha value is -1.83. The van der Waals surface area contributed by atoms with Crippen molar-refractivity contribution in [3.63, 3.8) is 0 Å². The molecule has 0 aromatic carbocycles. The molecule has 0 heterocycles. The van der Waals surface area contributed by atoms with Crippen LogP contribution in [0.15, 0.2) is 59.3 Å². The summed E-state index contributed by atoms with van der Waals surface area (Å²) in [6.07, 6.45) is 16.4. The summed E-state index contributed by atoms with van der Waals surface area (Å²) in [6.45, 7) is 14.7. The molecule has 140 valence electrons. The van der Waals surface area contributed by atoms with Gasteiger partial charge < -0.3 is 4.74 Å². The number of allylic oxidation sites excluding steroid dienone is 8. The molecule has 0 radical (unpaired) electrons. The van der Waals surface area contributed by atoms with E-state index in [0.717, 1.165) is 44.1 Å². The Bertz CT molecular complexity index is 526. The molecule has 0 spiro atoms. The lowest BCUT2D eigenvalue weighted by Gasteiger charge is -2.03. The van der Waals surface area contributed by atoms with E-state index in [9.17, 15) is 4.79 Å². The molecular weight excluding hydrogens is 308 g/mol. The summed E-state index contributed by atoms with van der Waals surface area (Å²) in [6, 6.07) is 0. The summed E-state index contributed by atoms with van der Waals surface area (Å²) in [7, 11) is 0. The fourth-order valence-electron chi connectivity index (χ4n) is 2.39. The van der Waals surface area contributed by atoms with Crippen molar-refractivity contribution in [3.8, 4) is 0 Å². The van der Waals surface area contributed by atoms with Crippen LogP contribution in [0.3, 0.4) is 0 Å². The lowest BCUT2D eigenvalue weighted by atomic mass is 10.0. The molecule has 0 atom stereocenters. The predicted octanol–water partition coefficient (Wildman–Crippen LogP) is 6.86. The van der Waals surface area contributed by atoms with Gasteiger partial charge in [-0.05, 0) is 78.7 Å². The van der Waals surface area contributed by atoms with Crippen molar-refractivity contribution in [2.45, 2.75) is 73.1 Å². The van der Waals surface area contributed by atoms with Gasteiger partial charge in [-0.3, -0.25) is 0 Å². The van der Waals surface area contributed by atoms with Gasteiger partial charge in [0.25, 0.3) is 0 Å². The maximum absolute atomic E-state index is 11.5. The fourth-order valence-corrected chi connectivity index (χ4v) is 2.39. The van der Waals surface area contributed by atoms with Crippen LogP contribution in [-0.2, 0) is 9.53 Å². The minimum atomic E-state index is -0.285. The van der Waals surface area contributed by atoms with Crippen LogP contribution in [0.5, 0.6) is 0 Å². The van der Waals surface area contributed by atoms with E-state index >= 15 is 0 Å². The first-order chi connectivity index (χ1) is 11.9. The first-order valence-corrected chi connectivity index (χ1v) is 9.33. The third kappa shape index (κ3) is 14.2. The maximum Gasteiger partial charge on any atom is 0.331 e. The largest absolute Gasteiger partial charge is 0.463 e. The van der Waals surface area contributed by atoms with Crippen LogP contribution in [-0.4, -0.2) is 12.6 Å². The van der Waals surface area contributed by atoms with Crippen molar-refractivity contribution in [2.75, 3.05) is 6.61 Å². The summed E-state index contributed by atoms with van der Waals surface area (Å²) >= 11 is 0. The highest BCUT2D eigenvalue weighted by atomic mass is 16.5. The van der Waals surface area contributed by atoms with E-state index in [2.05, 4.69) is 52.5 Å². The average molecular weight is 345 g/mol. The van der Waals surface area contributed by atoms with Gasteiger partial charge in [-0.25, -0.2) is 4.79 Å². The Balaban J connectivity index is 4.22. The second-order valence-electron chi connectivity index (χ2n) is 6.67. The van der Waals surface area contributed by atoms with E-state index in [-0.39, 0.29) is 5.97 Å². The molecule has 0 aliphatic rings. The summed E-state index contributed by atoms with van der Waals surface area (Å²) in [5.41, 5.74) is 5.18. The fraction of sp³-hybridized carbons (Fsp3) is 0.522. The van der Waals surface area contributed by atoms with E-state index in [1.807, 2.05) is 6.92 Å². The number of rotatable bonds is 12. The second-order valence-corrected chi connectivity index (χ2v) is 6.67. The summed E-state index contributed by atoms with van der Waals surface area (Å²) in [4.78, 5) is 11.5. The molecule has 0 rings (SSSR count). The van der Waals surface area contributed by atoms with E-state index in [1.165, 1.54) is 22.8 Å². The molecule has 0 fully saturated rings. The van der Waals surface area contributed by atoms with Gasteiger partial charge in [0.2, 0.25) is 0 Å². The molecule has 2 nitrogen and oxygen atoms in total. The van der Waals surface area contributed by atoms with E-state index in [1.54, 1.807) is 6.08 Å². The molecule has 0 aromatic heterocycles. The molecule has 0 saturated carbocycles. The van der Waals surface area contributed by atoms with Crippen LogP contribution in [0.1, 0.15) is 73.1 Å². The topological polar surface area (TPSA) is 26.3 Å². The average Bonchev–Trinajstić information content (AvgIpc) is 2.53. The Morgan fingerprint density at radius 3 is 1.88 bits per heavy atom. The van der Waals surface area contributed by atoms with Gasteiger partial charge in [0, 0.05) is 6.08 Å². The quantitative estimate of drug-likeness (QED) is 0.167. The molecule has 0 unspecified atom stereocenters. The monoisotopic (exact) mass is 344 g/mol. The minimum absolute atomic E-state index is 0.285. The molecule has 0 bridgehead atoms. The summed E-state index contributed by atoms with van der Waals surface area (Å²) in [5, 5.41) is 0. The number of carbonyl (C=O) groups is 1. The van der Waals surface area contributed by atoms with Gasteiger partial charge in [0.15, 0.2) is 0 Å². The highest BCUT2D eigenvalue weighted by Gasteiger charge is 1.99. The maximum atomic E-state index is 11.5. The smallest absolute Gasteiger partial charge is 0.331 e. The highest BCUT2D eigenvalue weighted by Crippen LogP contribution is 2.14. The molecule has 0 aliphatic carbocycles. The number of hydrogen-bond donors (Lipinski definition) is 0. The van der Waals surface area contributed by atoms with E-state index in [0.29, 0.717) is 6.61 Å². The second kappa shape index (κ2) is 14.5. The van der Waals surface area contributed by atoms with Crippen molar-refractivity contribution in [3.05, 3.63) is 59.3 Å². The van der Waals surface area contributed by atoms with Gasteiger partial charge in [0.05, 0.1) is 6.61 Å². The zero-order valence-electron chi connectivity index (χ0n) is 16.9. The molecule has 0 saturated heterocycles. The Morgan fingerprint density at radius 2 is 1.40 bits per heavy atom. The molecular formula is C23H36O2. The van der Waals surface area contributed by atoms with Crippen molar-refractivity contribution < 1.29 is 9.53 Å². The Labute approximate surface area is 155 Å². The highest BCUT2D eigenvalue weighted by molar-refractivity contribution is 5.83. The van der Waals surface area contributed by atoms with Gasteiger partial charge in [-0.1, -0.05) is 47.6 Å². The minimum Gasteiger partial charge on any atom is -0.463 e. The van der Waals surface area contributed by atoms with Crippen LogP contribution >= 0.6 is 0 Å². The molecule has 25 heavy (non-hydrogen) atoms. The lowest BCUT2D eigenvalue weighted by molar-refractivity contribution is -0.137. The standard InChI is InChI=1S/C23H36O2/c1-7-22(18-23(24)25-8-2)17-11-16-21(6)15-10-14-20(5)13-9-12-19(3)4/h7,12,14,16,18H,1,8-11,13,15,17H2,2-6H3/b20-14+,21-16+,22-18+. The number of carbonyl (C=O) groups excluding carboxylic acids is 1. The van der Waals surface area contributed by atoms with Gasteiger partial charge in [-0.15, -0.1) is 0 Å². The lowest BCUT2D eigenvalue weighted by Crippen LogP contribution is -2.00. The van der Waals surface area contributed by atoms with E-state index < -0.39 is 0 Å². The number of esters is 1. The molecule has 2 heteroatoms. The number of hydrogen-bond acceptors (Lipinski definition) is 2. The third-order valence-electron chi connectivity index (χ3n) is 3.90. The van der Waals surface area contributed by atoms with Crippen LogP contribution in [0.4, 0.5) is 0 Å². The summed E-state index contributed by atoms with van der Waals surface area (Å²) < 4.78 is 4.93. The Morgan fingerprint density at radius 1 is 0.880 bits per heavy atom. The normalized spacial score (nSPS) is 12.8. The SMILES string of the molecule is C=C/C(=C\C(=O)OCC)CC/C=C(\C)CC/C=C(\C)CCC=C(C)C. The molecule has 0 N–H and O–H groups in total. The first kappa shape index (κ1) is 23.2. The van der Waals surface area contributed by atoms with Crippen LogP contribution < -0.4 is 0 Å².